The zero-order chi connectivity index (χ0) is 18.6. The molecular formula is C15H15F3N2O5. The number of alkyl halides is 3. The Morgan fingerprint density at radius 1 is 1.24 bits per heavy atom. The van der Waals surface area contributed by atoms with Gasteiger partial charge in [0, 0.05) is 12.1 Å². The fourth-order valence-corrected chi connectivity index (χ4v) is 2.21. The van der Waals surface area contributed by atoms with Gasteiger partial charge >= 0.3 is 12.1 Å². The highest BCUT2D eigenvalue weighted by Gasteiger charge is 2.31. The van der Waals surface area contributed by atoms with E-state index in [1.165, 1.54) is 4.90 Å². The third-order valence-electron chi connectivity index (χ3n) is 3.57. The molecule has 1 heterocycles. The number of hydrogen-bond acceptors (Lipinski definition) is 4. The van der Waals surface area contributed by atoms with E-state index >= 15 is 0 Å². The third kappa shape index (κ3) is 4.92. The third-order valence-corrected chi connectivity index (χ3v) is 3.57. The lowest BCUT2D eigenvalue weighted by Gasteiger charge is -2.30. The molecule has 1 aliphatic rings. The van der Waals surface area contributed by atoms with Gasteiger partial charge in [-0.05, 0) is 24.3 Å². The summed E-state index contributed by atoms with van der Waals surface area (Å²) in [7, 11) is 0. The van der Waals surface area contributed by atoms with Crippen molar-refractivity contribution in [2.45, 2.75) is 12.3 Å². The molecule has 1 atom stereocenters. The van der Waals surface area contributed by atoms with Gasteiger partial charge in [-0.15, -0.1) is 0 Å². The number of carboxylic acid groups (broad SMARTS) is 1. The highest BCUT2D eigenvalue weighted by Crippen LogP contribution is 2.29. The van der Waals surface area contributed by atoms with Gasteiger partial charge in [0.15, 0.2) is 6.10 Å². The number of nitrogens with zero attached hydrogens (tertiary/aromatic N) is 1. The molecule has 0 saturated carbocycles. The first-order valence-electron chi connectivity index (χ1n) is 7.26. The maximum atomic E-state index is 12.5. The molecule has 1 saturated heterocycles. The van der Waals surface area contributed by atoms with Crippen LogP contribution in [0.2, 0.25) is 0 Å². The van der Waals surface area contributed by atoms with E-state index < -0.39 is 42.2 Å². The summed E-state index contributed by atoms with van der Waals surface area (Å²) in [6.07, 6.45) is -5.62. The number of carboxylic acids is 1. The fraction of sp³-hybridized carbons (Fsp3) is 0.400. The summed E-state index contributed by atoms with van der Waals surface area (Å²) in [4.78, 5) is 36.0. The molecule has 1 unspecified atom stereocenters. The second-order valence-electron chi connectivity index (χ2n) is 5.30. The number of benzene rings is 1. The Bertz CT molecular complexity index is 660. The standard InChI is InChI=1S/C15H15F3N2O5/c16-15(17,18)10-3-1-9(2-4-10)13(22)19-7-12(21)20-5-6-25-11(8-20)14(23)24/h1-4,11H,5-8H2,(H,19,22)(H,23,24). The van der Waals surface area contributed by atoms with Crippen LogP contribution in [-0.4, -0.2) is 60.1 Å². The SMILES string of the molecule is O=C(NCC(=O)N1CCOC(C(=O)O)C1)c1ccc(C(F)(F)F)cc1. The second kappa shape index (κ2) is 7.51. The van der Waals surface area contributed by atoms with Crippen LogP contribution in [0, 0.1) is 0 Å². The molecule has 0 aliphatic carbocycles. The van der Waals surface area contributed by atoms with Crippen LogP contribution in [0.3, 0.4) is 0 Å². The van der Waals surface area contributed by atoms with Crippen molar-refractivity contribution < 1.29 is 37.4 Å². The van der Waals surface area contributed by atoms with Crippen molar-refractivity contribution in [3.63, 3.8) is 0 Å². The zero-order valence-corrected chi connectivity index (χ0v) is 12.9. The van der Waals surface area contributed by atoms with Crippen LogP contribution in [0.5, 0.6) is 0 Å². The van der Waals surface area contributed by atoms with E-state index in [-0.39, 0.29) is 25.3 Å². The summed E-state index contributed by atoms with van der Waals surface area (Å²) in [5.74, 6) is -2.40. The largest absolute Gasteiger partial charge is 0.479 e. The van der Waals surface area contributed by atoms with Gasteiger partial charge in [-0.3, -0.25) is 9.59 Å². The molecule has 7 nitrogen and oxygen atoms in total. The molecule has 0 aromatic heterocycles. The van der Waals surface area contributed by atoms with E-state index in [1.807, 2.05) is 0 Å². The van der Waals surface area contributed by atoms with Crippen molar-refractivity contribution in [3.05, 3.63) is 35.4 Å². The minimum atomic E-state index is -4.50. The van der Waals surface area contributed by atoms with Gasteiger partial charge in [-0.25, -0.2) is 4.79 Å². The molecule has 0 spiro atoms. The van der Waals surface area contributed by atoms with Crippen molar-refractivity contribution in [1.82, 2.24) is 10.2 Å². The van der Waals surface area contributed by atoms with Gasteiger partial charge in [0.05, 0.1) is 25.3 Å². The molecule has 0 radical (unpaired) electrons. The molecule has 10 heteroatoms. The highest BCUT2D eigenvalue weighted by molar-refractivity contribution is 5.96. The van der Waals surface area contributed by atoms with E-state index in [4.69, 9.17) is 9.84 Å². The van der Waals surface area contributed by atoms with E-state index in [2.05, 4.69) is 5.32 Å². The number of halogens is 3. The maximum absolute atomic E-state index is 12.5. The molecule has 1 aliphatic heterocycles. The summed E-state index contributed by atoms with van der Waals surface area (Å²) in [5, 5.41) is 11.2. The van der Waals surface area contributed by atoms with Crippen LogP contribution in [0.15, 0.2) is 24.3 Å². The van der Waals surface area contributed by atoms with Gasteiger partial charge in [-0.2, -0.15) is 13.2 Å². The molecule has 2 rings (SSSR count). The van der Waals surface area contributed by atoms with Crippen LogP contribution in [0.1, 0.15) is 15.9 Å². The molecule has 2 N–H and O–H groups in total. The van der Waals surface area contributed by atoms with E-state index in [9.17, 15) is 27.6 Å². The van der Waals surface area contributed by atoms with E-state index in [0.29, 0.717) is 0 Å². The average molecular weight is 360 g/mol. The number of amides is 2. The topological polar surface area (TPSA) is 95.9 Å². The lowest BCUT2D eigenvalue weighted by atomic mass is 10.1. The van der Waals surface area contributed by atoms with Crippen molar-refractivity contribution in [1.29, 1.82) is 0 Å². The summed E-state index contributed by atoms with van der Waals surface area (Å²) < 4.78 is 42.4. The second-order valence-corrected chi connectivity index (χ2v) is 5.30. The van der Waals surface area contributed by atoms with Crippen molar-refractivity contribution in [3.8, 4) is 0 Å². The summed E-state index contributed by atoms with van der Waals surface area (Å²) in [6.45, 7) is -0.273. The van der Waals surface area contributed by atoms with Gasteiger partial charge in [0.2, 0.25) is 5.91 Å². The first-order valence-corrected chi connectivity index (χ1v) is 7.26. The molecule has 25 heavy (non-hydrogen) atoms. The lowest BCUT2D eigenvalue weighted by Crippen LogP contribution is -2.51. The Morgan fingerprint density at radius 2 is 1.88 bits per heavy atom. The molecule has 0 bridgehead atoms. The lowest BCUT2D eigenvalue weighted by molar-refractivity contribution is -0.159. The Labute approximate surface area is 140 Å². The number of hydrogen-bond donors (Lipinski definition) is 2. The van der Waals surface area contributed by atoms with Gasteiger partial charge < -0.3 is 20.1 Å². The first-order chi connectivity index (χ1) is 11.7. The number of nitrogens with one attached hydrogen (secondary N) is 1. The molecule has 1 fully saturated rings. The Balaban J connectivity index is 1.89. The zero-order valence-electron chi connectivity index (χ0n) is 12.9. The average Bonchev–Trinajstić information content (AvgIpc) is 2.58. The highest BCUT2D eigenvalue weighted by atomic mass is 19.4. The number of morpholine rings is 1. The van der Waals surface area contributed by atoms with Gasteiger partial charge in [0.1, 0.15) is 0 Å². The Kier molecular flexibility index (Phi) is 5.62. The molecule has 2 amide bonds. The summed E-state index contributed by atoms with van der Waals surface area (Å²) in [5.41, 5.74) is -0.903. The minimum Gasteiger partial charge on any atom is -0.479 e. The fourth-order valence-electron chi connectivity index (χ4n) is 2.21. The van der Waals surface area contributed by atoms with Crippen molar-refractivity contribution in [2.75, 3.05) is 26.2 Å². The number of rotatable bonds is 4. The number of carbonyl (C=O) groups is 3. The molecule has 1 aromatic rings. The summed E-state index contributed by atoms with van der Waals surface area (Å²) in [6, 6.07) is 3.57. The summed E-state index contributed by atoms with van der Waals surface area (Å²) >= 11 is 0. The van der Waals surface area contributed by atoms with Crippen LogP contribution in [-0.2, 0) is 20.5 Å². The van der Waals surface area contributed by atoms with Crippen LogP contribution in [0.4, 0.5) is 13.2 Å². The predicted octanol–water partition coefficient (Wildman–Crippen LogP) is 0.747. The van der Waals surface area contributed by atoms with Gasteiger partial charge in [0.25, 0.3) is 5.91 Å². The quantitative estimate of drug-likeness (QED) is 0.826. The maximum Gasteiger partial charge on any atom is 0.416 e. The normalized spacial score (nSPS) is 17.9. The van der Waals surface area contributed by atoms with E-state index in [0.717, 1.165) is 24.3 Å². The van der Waals surface area contributed by atoms with Crippen molar-refractivity contribution >= 4 is 17.8 Å². The van der Waals surface area contributed by atoms with Gasteiger partial charge in [-0.1, -0.05) is 0 Å². The van der Waals surface area contributed by atoms with Crippen LogP contribution < -0.4 is 5.32 Å². The van der Waals surface area contributed by atoms with Crippen molar-refractivity contribution in [2.24, 2.45) is 0 Å². The van der Waals surface area contributed by atoms with E-state index in [1.54, 1.807) is 0 Å². The number of ether oxygens (including phenoxy) is 1. The number of aliphatic carboxylic acids is 1. The van der Waals surface area contributed by atoms with Crippen LogP contribution in [0.25, 0.3) is 0 Å². The number of carbonyl (C=O) groups excluding carboxylic acids is 2. The predicted molar refractivity (Wildman–Crippen MR) is 77.7 cm³/mol. The van der Waals surface area contributed by atoms with Crippen LogP contribution >= 0.6 is 0 Å². The smallest absolute Gasteiger partial charge is 0.416 e. The Morgan fingerprint density at radius 3 is 2.44 bits per heavy atom. The molecule has 1 aromatic carbocycles. The first kappa shape index (κ1) is 18.7. The monoisotopic (exact) mass is 360 g/mol. The Hall–Kier alpha value is -2.62. The molecule has 136 valence electrons. The molecular weight excluding hydrogens is 345 g/mol. The minimum absolute atomic E-state index is 0.0220.